The number of nitrogens with zero attached hydrogens (tertiary/aromatic N) is 1. The van der Waals surface area contributed by atoms with Gasteiger partial charge in [0, 0.05) is 18.8 Å². The van der Waals surface area contributed by atoms with Gasteiger partial charge in [0.2, 0.25) is 10.0 Å². The zero-order valence-electron chi connectivity index (χ0n) is 14.7. The third kappa shape index (κ3) is 4.79. The van der Waals surface area contributed by atoms with Crippen molar-refractivity contribution in [3.8, 4) is 0 Å². The van der Waals surface area contributed by atoms with Crippen LogP contribution >= 0.6 is 0 Å². The Hall–Kier alpha value is -1.93. The van der Waals surface area contributed by atoms with E-state index in [-0.39, 0.29) is 11.5 Å². The zero-order chi connectivity index (χ0) is 18.6. The molecular formula is C17H24N2O5S. The van der Waals surface area contributed by atoms with Crippen LogP contribution in [0.3, 0.4) is 0 Å². The summed E-state index contributed by atoms with van der Waals surface area (Å²) in [5, 5.41) is 2.38. The minimum atomic E-state index is -3.57. The first kappa shape index (κ1) is 19.4. The fourth-order valence-electron chi connectivity index (χ4n) is 3.04. The second-order valence-electron chi connectivity index (χ2n) is 6.47. The van der Waals surface area contributed by atoms with E-state index >= 15 is 0 Å². The highest BCUT2D eigenvalue weighted by Gasteiger charge is 2.31. The minimum absolute atomic E-state index is 0.107. The van der Waals surface area contributed by atoms with E-state index < -0.39 is 21.9 Å². The molecule has 1 aliphatic rings. The summed E-state index contributed by atoms with van der Waals surface area (Å²) in [5.74, 6) is -1.23. The Morgan fingerprint density at radius 1 is 1.16 bits per heavy atom. The molecule has 0 aliphatic carbocycles. The number of sulfonamides is 1. The van der Waals surface area contributed by atoms with Gasteiger partial charge in [0.15, 0.2) is 0 Å². The molecule has 8 heteroatoms. The Balaban J connectivity index is 2.10. The molecule has 1 aliphatic heterocycles. The lowest BCUT2D eigenvalue weighted by molar-refractivity contribution is -0.152. The second-order valence-corrected chi connectivity index (χ2v) is 8.40. The Kier molecular flexibility index (Phi) is 6.18. The molecule has 0 unspecified atom stereocenters. The number of hydrogen-bond acceptors (Lipinski definition) is 5. The Labute approximate surface area is 148 Å². The first-order valence-corrected chi connectivity index (χ1v) is 9.76. The lowest BCUT2D eigenvalue weighted by atomic mass is 9.94. The number of carbonyl (C=O) groups excluding carboxylic acids is 2. The van der Waals surface area contributed by atoms with E-state index in [0.717, 1.165) is 6.42 Å². The summed E-state index contributed by atoms with van der Waals surface area (Å²) in [5.41, 5.74) is 0.331. The highest BCUT2D eigenvalue weighted by molar-refractivity contribution is 7.89. The van der Waals surface area contributed by atoms with Gasteiger partial charge in [0.05, 0.1) is 11.5 Å². The molecule has 0 bridgehead atoms. The summed E-state index contributed by atoms with van der Waals surface area (Å²) < 4.78 is 31.7. The number of ether oxygens (including phenoxy) is 1. The predicted molar refractivity (Wildman–Crippen MR) is 93.4 cm³/mol. The summed E-state index contributed by atoms with van der Waals surface area (Å²) in [7, 11) is -3.57. The van der Waals surface area contributed by atoms with Crippen LogP contribution in [0.2, 0.25) is 0 Å². The molecule has 1 aromatic rings. The molecule has 138 valence electrons. The van der Waals surface area contributed by atoms with Gasteiger partial charge in [0.1, 0.15) is 0 Å². The molecule has 2 atom stereocenters. The molecule has 1 fully saturated rings. The number of amides is 1. The predicted octanol–water partition coefficient (Wildman–Crippen LogP) is 1.85. The molecule has 1 aromatic carbocycles. The van der Waals surface area contributed by atoms with E-state index in [1.165, 1.54) is 28.6 Å². The molecular weight excluding hydrogens is 344 g/mol. The topological polar surface area (TPSA) is 92.8 Å². The molecule has 0 radical (unpaired) electrons. The maximum atomic E-state index is 12.8. The van der Waals surface area contributed by atoms with Gasteiger partial charge in [0.25, 0.3) is 0 Å². The van der Waals surface area contributed by atoms with E-state index in [4.69, 9.17) is 0 Å². The van der Waals surface area contributed by atoms with Gasteiger partial charge in [-0.25, -0.2) is 13.2 Å². The molecule has 0 saturated carbocycles. The molecule has 0 aromatic heterocycles. The zero-order valence-corrected chi connectivity index (χ0v) is 15.5. The number of anilines is 1. The monoisotopic (exact) mass is 368 g/mol. The fourth-order valence-corrected chi connectivity index (χ4v) is 4.72. The van der Waals surface area contributed by atoms with Gasteiger partial charge in [-0.3, -0.25) is 4.79 Å². The highest BCUT2D eigenvalue weighted by atomic mass is 32.2. The molecule has 1 N–H and O–H groups in total. The van der Waals surface area contributed by atoms with Crippen molar-refractivity contribution in [1.29, 1.82) is 0 Å². The molecule has 1 heterocycles. The van der Waals surface area contributed by atoms with Crippen LogP contribution in [-0.4, -0.2) is 44.3 Å². The fraction of sp³-hybridized carbons (Fsp3) is 0.529. The third-order valence-electron chi connectivity index (χ3n) is 4.05. The third-order valence-corrected chi connectivity index (χ3v) is 5.89. The molecule has 7 nitrogen and oxygen atoms in total. The summed E-state index contributed by atoms with van der Waals surface area (Å²) in [6.45, 7) is 6.82. The lowest BCUT2D eigenvalue weighted by Crippen LogP contribution is -2.42. The maximum Gasteiger partial charge on any atom is 0.397 e. The Bertz CT molecular complexity index is 720. The highest BCUT2D eigenvalue weighted by Crippen LogP contribution is 2.27. The number of benzene rings is 1. The van der Waals surface area contributed by atoms with Gasteiger partial charge < -0.3 is 10.1 Å². The van der Waals surface area contributed by atoms with E-state index in [1.807, 2.05) is 13.8 Å². The average molecular weight is 368 g/mol. The summed E-state index contributed by atoms with van der Waals surface area (Å²) in [6.07, 6.45) is 1.02. The van der Waals surface area contributed by atoms with Crippen LogP contribution in [0.5, 0.6) is 0 Å². The number of piperidine rings is 1. The van der Waals surface area contributed by atoms with Crippen LogP contribution in [0.1, 0.15) is 27.2 Å². The van der Waals surface area contributed by atoms with Crippen molar-refractivity contribution in [2.75, 3.05) is 25.0 Å². The van der Waals surface area contributed by atoms with Gasteiger partial charge in [-0.15, -0.1) is 0 Å². The lowest BCUT2D eigenvalue weighted by Gasteiger charge is -2.34. The molecule has 2 rings (SSSR count). The van der Waals surface area contributed by atoms with Crippen molar-refractivity contribution in [2.24, 2.45) is 11.8 Å². The average Bonchev–Trinajstić information content (AvgIpc) is 2.54. The van der Waals surface area contributed by atoms with Crippen molar-refractivity contribution < 1.29 is 22.7 Å². The molecule has 1 amide bonds. The van der Waals surface area contributed by atoms with E-state index in [1.54, 1.807) is 6.92 Å². The largest absolute Gasteiger partial charge is 0.459 e. The van der Waals surface area contributed by atoms with E-state index in [0.29, 0.717) is 30.6 Å². The maximum absolute atomic E-state index is 12.8. The smallest absolute Gasteiger partial charge is 0.397 e. The second kappa shape index (κ2) is 7.97. The summed E-state index contributed by atoms with van der Waals surface area (Å²) >= 11 is 0. The first-order chi connectivity index (χ1) is 11.7. The number of nitrogens with one attached hydrogen (secondary N) is 1. The van der Waals surface area contributed by atoms with Crippen molar-refractivity contribution in [3.05, 3.63) is 24.3 Å². The van der Waals surface area contributed by atoms with Crippen molar-refractivity contribution in [2.45, 2.75) is 32.1 Å². The standard InChI is InChI=1S/C17H24N2O5S/c1-4-24-17(21)16(20)18-14-5-7-15(8-6-14)25(22,23)19-10-12(2)9-13(3)11-19/h5-8,12-13H,4,9-11H2,1-3H3,(H,18,20)/t12-,13-/m0/s1. The number of esters is 1. The van der Waals surface area contributed by atoms with Gasteiger partial charge in [-0.05, 0) is 49.4 Å². The van der Waals surface area contributed by atoms with E-state index in [2.05, 4.69) is 10.1 Å². The van der Waals surface area contributed by atoms with Crippen LogP contribution in [0, 0.1) is 11.8 Å². The van der Waals surface area contributed by atoms with Crippen LogP contribution in [0.4, 0.5) is 5.69 Å². The molecule has 1 saturated heterocycles. The molecule has 25 heavy (non-hydrogen) atoms. The van der Waals surface area contributed by atoms with Crippen molar-refractivity contribution in [3.63, 3.8) is 0 Å². The van der Waals surface area contributed by atoms with Crippen LogP contribution < -0.4 is 5.32 Å². The molecule has 0 spiro atoms. The first-order valence-electron chi connectivity index (χ1n) is 8.32. The van der Waals surface area contributed by atoms with Crippen LogP contribution in [0.15, 0.2) is 29.2 Å². The van der Waals surface area contributed by atoms with Crippen LogP contribution in [-0.2, 0) is 24.3 Å². The minimum Gasteiger partial charge on any atom is -0.459 e. The Morgan fingerprint density at radius 2 is 1.72 bits per heavy atom. The summed E-state index contributed by atoms with van der Waals surface area (Å²) in [6, 6.07) is 5.78. The number of carbonyl (C=O) groups is 2. The van der Waals surface area contributed by atoms with Crippen LogP contribution in [0.25, 0.3) is 0 Å². The number of hydrogen-bond donors (Lipinski definition) is 1. The van der Waals surface area contributed by atoms with Gasteiger partial charge in [-0.2, -0.15) is 4.31 Å². The normalized spacial score (nSPS) is 21.6. The van der Waals surface area contributed by atoms with Crippen molar-refractivity contribution in [1.82, 2.24) is 4.31 Å². The SMILES string of the molecule is CCOC(=O)C(=O)Nc1ccc(S(=O)(=O)N2C[C@@H](C)C[C@H](C)C2)cc1. The van der Waals surface area contributed by atoms with E-state index in [9.17, 15) is 18.0 Å². The Morgan fingerprint density at radius 3 is 2.24 bits per heavy atom. The summed E-state index contributed by atoms with van der Waals surface area (Å²) in [4.78, 5) is 23.1. The van der Waals surface area contributed by atoms with Gasteiger partial charge >= 0.3 is 11.9 Å². The van der Waals surface area contributed by atoms with Crippen molar-refractivity contribution >= 4 is 27.6 Å². The quantitative estimate of drug-likeness (QED) is 0.647. The van der Waals surface area contributed by atoms with Gasteiger partial charge in [-0.1, -0.05) is 13.8 Å². The number of rotatable bonds is 4.